The van der Waals surface area contributed by atoms with Gasteiger partial charge in [0, 0.05) is 5.75 Å². The second-order valence-corrected chi connectivity index (χ2v) is 5.93. The van der Waals surface area contributed by atoms with Gasteiger partial charge in [0.2, 0.25) is 0 Å². The van der Waals surface area contributed by atoms with Crippen LogP contribution in [0.1, 0.15) is 13.3 Å². The Kier molecular flexibility index (Phi) is 4.16. The maximum absolute atomic E-state index is 6.03. The number of halogens is 2. The molecule has 5 heteroatoms. The summed E-state index contributed by atoms with van der Waals surface area (Å²) < 4.78 is 0.887. The van der Waals surface area contributed by atoms with Crippen LogP contribution in [0.4, 0.5) is 5.69 Å². The van der Waals surface area contributed by atoms with Crippen molar-refractivity contribution in [3.8, 4) is 0 Å². The molecular formula is C11H12BrClN2S. The molecule has 16 heavy (non-hydrogen) atoms. The summed E-state index contributed by atoms with van der Waals surface area (Å²) in [5.74, 6) is 1.12. The molecule has 1 N–H and O–H groups in total. The zero-order valence-corrected chi connectivity index (χ0v) is 12.0. The van der Waals surface area contributed by atoms with Crippen molar-refractivity contribution in [2.45, 2.75) is 19.4 Å². The maximum atomic E-state index is 6.03. The number of amidine groups is 1. The number of rotatable bonds is 1. The van der Waals surface area contributed by atoms with Crippen LogP contribution < -0.4 is 5.32 Å². The highest BCUT2D eigenvalue weighted by atomic mass is 79.9. The molecule has 1 aromatic rings. The van der Waals surface area contributed by atoms with Gasteiger partial charge in [-0.1, -0.05) is 29.4 Å². The van der Waals surface area contributed by atoms with Crippen molar-refractivity contribution in [3.05, 3.63) is 27.7 Å². The van der Waals surface area contributed by atoms with Gasteiger partial charge in [-0.05, 0) is 41.4 Å². The van der Waals surface area contributed by atoms with E-state index in [2.05, 4.69) is 33.2 Å². The number of nitrogens with zero attached hydrogens (tertiary/aromatic N) is 1. The molecule has 1 heterocycles. The zero-order chi connectivity index (χ0) is 11.5. The van der Waals surface area contributed by atoms with E-state index in [1.165, 1.54) is 0 Å². The van der Waals surface area contributed by atoms with Gasteiger partial charge in [0.1, 0.15) is 0 Å². The summed E-state index contributed by atoms with van der Waals surface area (Å²) in [7, 11) is 0. The van der Waals surface area contributed by atoms with E-state index in [1.807, 2.05) is 18.2 Å². The fourth-order valence-electron chi connectivity index (χ4n) is 1.41. The van der Waals surface area contributed by atoms with Gasteiger partial charge >= 0.3 is 0 Å². The molecule has 0 radical (unpaired) electrons. The van der Waals surface area contributed by atoms with Crippen molar-refractivity contribution in [1.82, 2.24) is 0 Å². The van der Waals surface area contributed by atoms with E-state index < -0.39 is 0 Å². The summed E-state index contributed by atoms with van der Waals surface area (Å²) in [5, 5.41) is 4.98. The Morgan fingerprint density at radius 3 is 3.12 bits per heavy atom. The van der Waals surface area contributed by atoms with Crippen LogP contribution in [-0.4, -0.2) is 17.0 Å². The minimum Gasteiger partial charge on any atom is -0.334 e. The minimum atomic E-state index is 0.404. The summed E-state index contributed by atoms with van der Waals surface area (Å²) in [5.41, 5.74) is 0.966. The number of hydrogen-bond donors (Lipinski definition) is 1. The molecule has 0 fully saturated rings. The van der Waals surface area contributed by atoms with Crippen LogP contribution in [0, 0.1) is 0 Å². The van der Waals surface area contributed by atoms with Crippen molar-refractivity contribution in [3.63, 3.8) is 0 Å². The lowest BCUT2D eigenvalue weighted by atomic mass is 10.3. The van der Waals surface area contributed by atoms with E-state index in [-0.39, 0.29) is 0 Å². The predicted octanol–water partition coefficient (Wildman–Crippen LogP) is 4.40. The van der Waals surface area contributed by atoms with E-state index in [1.54, 1.807) is 11.8 Å². The Morgan fingerprint density at radius 1 is 1.56 bits per heavy atom. The largest absolute Gasteiger partial charge is 0.334 e. The Labute approximate surface area is 113 Å². The average Bonchev–Trinajstić information content (AvgIpc) is 2.25. The first-order valence-corrected chi connectivity index (χ1v) is 7.24. The normalized spacial score (nSPS) is 20.4. The van der Waals surface area contributed by atoms with Crippen LogP contribution in [0.3, 0.4) is 0 Å². The summed E-state index contributed by atoms with van der Waals surface area (Å²) in [6, 6.07) is 6.17. The van der Waals surface area contributed by atoms with Gasteiger partial charge in [-0.15, -0.1) is 0 Å². The number of hydrogen-bond acceptors (Lipinski definition) is 3. The highest BCUT2D eigenvalue weighted by molar-refractivity contribution is 9.10. The van der Waals surface area contributed by atoms with Gasteiger partial charge < -0.3 is 5.32 Å². The third-order valence-corrected chi connectivity index (χ3v) is 4.62. The summed E-state index contributed by atoms with van der Waals surface area (Å²) in [6.07, 6.45) is 1.15. The summed E-state index contributed by atoms with van der Waals surface area (Å²) in [6.45, 7) is 2.13. The molecule has 1 unspecified atom stereocenters. The van der Waals surface area contributed by atoms with Gasteiger partial charge in [0.05, 0.1) is 21.2 Å². The number of thioether (sulfide) groups is 1. The second-order valence-electron chi connectivity index (χ2n) is 3.65. The zero-order valence-electron chi connectivity index (χ0n) is 8.84. The van der Waals surface area contributed by atoms with Crippen LogP contribution in [-0.2, 0) is 0 Å². The van der Waals surface area contributed by atoms with Crippen molar-refractivity contribution in [2.24, 2.45) is 4.99 Å². The monoisotopic (exact) mass is 318 g/mol. The van der Waals surface area contributed by atoms with E-state index >= 15 is 0 Å². The van der Waals surface area contributed by atoms with Crippen molar-refractivity contribution >= 4 is 50.1 Å². The Bertz CT molecular complexity index is 422. The van der Waals surface area contributed by atoms with Crippen molar-refractivity contribution < 1.29 is 0 Å². The van der Waals surface area contributed by atoms with Crippen LogP contribution in [0.5, 0.6) is 0 Å². The van der Waals surface area contributed by atoms with Crippen molar-refractivity contribution in [1.29, 1.82) is 0 Å². The van der Waals surface area contributed by atoms with E-state index in [0.717, 1.165) is 27.5 Å². The molecule has 0 bridgehead atoms. The highest BCUT2D eigenvalue weighted by Crippen LogP contribution is 2.31. The fraction of sp³-hybridized carbons (Fsp3) is 0.364. The Balaban J connectivity index is 2.17. The average molecular weight is 320 g/mol. The standard InChI is InChI=1S/C11H12BrClN2S/c1-7-5-6-16-11(14-7)15-9-4-2-3-8(13)10(9)12/h2-4,7H,5-6H2,1H3,(H,14,15). The lowest BCUT2D eigenvalue weighted by Crippen LogP contribution is -2.18. The fourth-order valence-corrected chi connectivity index (χ4v) is 3.04. The molecular weight excluding hydrogens is 308 g/mol. The first kappa shape index (κ1) is 12.3. The van der Waals surface area contributed by atoms with Crippen molar-refractivity contribution in [2.75, 3.05) is 11.1 Å². The smallest absolute Gasteiger partial charge is 0.161 e. The third kappa shape index (κ3) is 2.93. The molecule has 0 aromatic heterocycles. The molecule has 0 saturated heterocycles. The van der Waals surface area contributed by atoms with Gasteiger partial charge in [-0.25, -0.2) is 0 Å². The maximum Gasteiger partial charge on any atom is 0.161 e. The molecule has 1 aliphatic heterocycles. The highest BCUT2D eigenvalue weighted by Gasteiger charge is 2.13. The molecule has 2 nitrogen and oxygen atoms in total. The van der Waals surface area contributed by atoms with E-state index in [9.17, 15) is 0 Å². The Hall–Kier alpha value is -0.190. The molecule has 1 atom stereocenters. The lowest BCUT2D eigenvalue weighted by molar-refractivity contribution is 0.720. The number of nitrogens with one attached hydrogen (secondary N) is 1. The number of anilines is 1. The summed E-state index contributed by atoms with van der Waals surface area (Å²) >= 11 is 11.2. The first-order chi connectivity index (χ1) is 7.66. The van der Waals surface area contributed by atoms with Crippen LogP contribution >= 0.6 is 39.3 Å². The molecule has 1 aliphatic rings. The minimum absolute atomic E-state index is 0.404. The van der Waals surface area contributed by atoms with E-state index in [4.69, 9.17) is 11.6 Å². The SMILES string of the molecule is CC1CCSC(Nc2cccc(Cl)c2Br)=N1. The molecule has 0 saturated carbocycles. The van der Waals surface area contributed by atoms with Gasteiger partial charge in [-0.3, -0.25) is 4.99 Å². The molecule has 0 spiro atoms. The summed E-state index contributed by atoms with van der Waals surface area (Å²) in [4.78, 5) is 4.55. The molecule has 0 aliphatic carbocycles. The number of aliphatic imine (C=N–C) groups is 1. The van der Waals surface area contributed by atoms with E-state index in [0.29, 0.717) is 11.1 Å². The molecule has 86 valence electrons. The van der Waals surface area contributed by atoms with Crippen LogP contribution in [0.15, 0.2) is 27.7 Å². The third-order valence-electron chi connectivity index (χ3n) is 2.31. The molecule has 2 rings (SSSR count). The molecule has 1 aromatic carbocycles. The first-order valence-electron chi connectivity index (χ1n) is 5.08. The molecule has 0 amide bonds. The van der Waals surface area contributed by atoms with Gasteiger partial charge in [0.15, 0.2) is 5.17 Å². The van der Waals surface area contributed by atoms with Crippen LogP contribution in [0.2, 0.25) is 5.02 Å². The second kappa shape index (κ2) is 5.43. The predicted molar refractivity (Wildman–Crippen MR) is 76.7 cm³/mol. The number of benzene rings is 1. The topological polar surface area (TPSA) is 24.4 Å². The van der Waals surface area contributed by atoms with Crippen LogP contribution in [0.25, 0.3) is 0 Å². The lowest BCUT2D eigenvalue weighted by Gasteiger charge is -2.18. The quantitative estimate of drug-likeness (QED) is 0.830. The van der Waals surface area contributed by atoms with Gasteiger partial charge in [-0.2, -0.15) is 0 Å². The Morgan fingerprint density at radius 2 is 2.38 bits per heavy atom. The van der Waals surface area contributed by atoms with Gasteiger partial charge in [0.25, 0.3) is 0 Å².